The first-order chi connectivity index (χ1) is 11.9. The van der Waals surface area contributed by atoms with Crippen LogP contribution in [0.3, 0.4) is 0 Å². The number of rotatable bonds is 5. The zero-order valence-electron chi connectivity index (χ0n) is 15.2. The van der Waals surface area contributed by atoms with Crippen LogP contribution < -0.4 is 5.32 Å². The summed E-state index contributed by atoms with van der Waals surface area (Å²) in [5.41, 5.74) is 0. The first-order valence-corrected chi connectivity index (χ1v) is 9.06. The van der Waals surface area contributed by atoms with Gasteiger partial charge in [-0.1, -0.05) is 13.8 Å². The van der Waals surface area contributed by atoms with Crippen molar-refractivity contribution in [1.82, 2.24) is 19.8 Å². The van der Waals surface area contributed by atoms with Gasteiger partial charge in [0.25, 0.3) is 0 Å². The summed E-state index contributed by atoms with van der Waals surface area (Å²) < 4.78 is 0. The molecule has 3 rings (SSSR count). The Balaban J connectivity index is 1.65. The fourth-order valence-corrected chi connectivity index (χ4v) is 3.72. The summed E-state index contributed by atoms with van der Waals surface area (Å²) in [4.78, 5) is 36.5. The Morgan fingerprint density at radius 2 is 2.20 bits per heavy atom. The molecule has 136 valence electrons. The molecule has 0 spiro atoms. The molecule has 3 heterocycles. The summed E-state index contributed by atoms with van der Waals surface area (Å²) in [5.74, 6) is 2.47. The molecule has 1 aromatic heterocycles. The lowest BCUT2D eigenvalue weighted by Gasteiger charge is -2.23. The van der Waals surface area contributed by atoms with E-state index in [1.807, 2.05) is 17.9 Å². The van der Waals surface area contributed by atoms with Gasteiger partial charge in [-0.25, -0.2) is 9.97 Å². The Hall–Kier alpha value is -2.18. The maximum absolute atomic E-state index is 12.6. The summed E-state index contributed by atoms with van der Waals surface area (Å²) >= 11 is 0. The van der Waals surface area contributed by atoms with Crippen LogP contribution in [0.15, 0.2) is 12.3 Å². The third-order valence-corrected chi connectivity index (χ3v) is 5.18. The van der Waals surface area contributed by atoms with Gasteiger partial charge in [-0.2, -0.15) is 0 Å². The molecule has 0 aliphatic carbocycles. The molecule has 0 saturated carbocycles. The predicted molar refractivity (Wildman–Crippen MR) is 94.9 cm³/mol. The zero-order chi connectivity index (χ0) is 18.0. The van der Waals surface area contributed by atoms with E-state index in [-0.39, 0.29) is 24.4 Å². The van der Waals surface area contributed by atoms with Crippen LogP contribution in [0, 0.1) is 18.8 Å². The molecular formula is C18H27N5O2. The lowest BCUT2D eigenvalue weighted by Crippen LogP contribution is -2.40. The van der Waals surface area contributed by atoms with Gasteiger partial charge in [-0.05, 0) is 25.3 Å². The molecule has 2 aliphatic heterocycles. The highest BCUT2D eigenvalue weighted by molar-refractivity contribution is 5.86. The SMILES string of the molecule is Cc1nccc(N[C@H]2CN(C(=O)CN3CCCC3=O)C[C@@H]2C(C)C)n1. The predicted octanol–water partition coefficient (Wildman–Crippen LogP) is 1.30. The van der Waals surface area contributed by atoms with Crippen LogP contribution in [0.25, 0.3) is 0 Å². The maximum Gasteiger partial charge on any atom is 0.242 e. The fourth-order valence-electron chi connectivity index (χ4n) is 3.72. The molecule has 7 heteroatoms. The number of aryl methyl sites for hydroxylation is 1. The van der Waals surface area contributed by atoms with Gasteiger partial charge in [0.15, 0.2) is 0 Å². The second kappa shape index (κ2) is 7.37. The molecule has 2 aliphatic rings. The van der Waals surface area contributed by atoms with E-state index < -0.39 is 0 Å². The maximum atomic E-state index is 12.6. The summed E-state index contributed by atoms with van der Waals surface area (Å²) in [6.45, 7) is 8.51. The molecule has 2 saturated heterocycles. The summed E-state index contributed by atoms with van der Waals surface area (Å²) in [6, 6.07) is 2.02. The summed E-state index contributed by atoms with van der Waals surface area (Å²) in [6.07, 6.45) is 3.17. The molecule has 2 amide bonds. The first-order valence-electron chi connectivity index (χ1n) is 9.06. The number of aromatic nitrogens is 2. The van der Waals surface area contributed by atoms with Crippen LogP contribution >= 0.6 is 0 Å². The number of carbonyl (C=O) groups is 2. The van der Waals surface area contributed by atoms with E-state index in [9.17, 15) is 9.59 Å². The van der Waals surface area contributed by atoms with Gasteiger partial charge in [0.2, 0.25) is 11.8 Å². The van der Waals surface area contributed by atoms with Crippen LogP contribution in [0.5, 0.6) is 0 Å². The van der Waals surface area contributed by atoms with Gasteiger partial charge >= 0.3 is 0 Å². The normalized spacial score (nSPS) is 23.6. The molecule has 25 heavy (non-hydrogen) atoms. The van der Waals surface area contributed by atoms with Gasteiger partial charge in [0, 0.05) is 44.2 Å². The topological polar surface area (TPSA) is 78.4 Å². The van der Waals surface area contributed by atoms with Crippen molar-refractivity contribution < 1.29 is 9.59 Å². The number of hydrogen-bond acceptors (Lipinski definition) is 5. The number of carbonyl (C=O) groups excluding carboxylic acids is 2. The van der Waals surface area contributed by atoms with E-state index in [4.69, 9.17) is 0 Å². The van der Waals surface area contributed by atoms with Crippen LogP contribution in [0.4, 0.5) is 5.82 Å². The second-order valence-corrected chi connectivity index (χ2v) is 7.37. The van der Waals surface area contributed by atoms with Crippen molar-refractivity contribution in [3.8, 4) is 0 Å². The van der Waals surface area contributed by atoms with Gasteiger partial charge in [0.1, 0.15) is 11.6 Å². The van der Waals surface area contributed by atoms with E-state index in [0.717, 1.165) is 24.6 Å². The number of anilines is 1. The number of likely N-dealkylation sites (tertiary alicyclic amines) is 2. The highest BCUT2D eigenvalue weighted by Crippen LogP contribution is 2.27. The number of hydrogen-bond donors (Lipinski definition) is 1. The van der Waals surface area contributed by atoms with Crippen LogP contribution in [0.2, 0.25) is 0 Å². The Morgan fingerprint density at radius 3 is 2.84 bits per heavy atom. The van der Waals surface area contributed by atoms with E-state index >= 15 is 0 Å². The average Bonchev–Trinajstić information content (AvgIpc) is 3.14. The van der Waals surface area contributed by atoms with Crippen LogP contribution in [0.1, 0.15) is 32.5 Å². The molecule has 1 aromatic rings. The van der Waals surface area contributed by atoms with Gasteiger partial charge in [-0.15, -0.1) is 0 Å². The van der Waals surface area contributed by atoms with Crippen molar-refractivity contribution in [1.29, 1.82) is 0 Å². The highest BCUT2D eigenvalue weighted by atomic mass is 16.2. The van der Waals surface area contributed by atoms with Crippen molar-refractivity contribution in [2.75, 3.05) is 31.5 Å². The van der Waals surface area contributed by atoms with E-state index in [0.29, 0.717) is 31.3 Å². The smallest absolute Gasteiger partial charge is 0.242 e. The van der Waals surface area contributed by atoms with Crippen molar-refractivity contribution in [2.24, 2.45) is 11.8 Å². The molecule has 2 fully saturated rings. The van der Waals surface area contributed by atoms with Crippen molar-refractivity contribution in [3.05, 3.63) is 18.1 Å². The second-order valence-electron chi connectivity index (χ2n) is 7.37. The van der Waals surface area contributed by atoms with E-state index in [1.165, 1.54) is 0 Å². The largest absolute Gasteiger partial charge is 0.365 e. The van der Waals surface area contributed by atoms with Crippen molar-refractivity contribution in [2.45, 2.75) is 39.7 Å². The minimum absolute atomic E-state index is 0.0454. The number of nitrogens with zero attached hydrogens (tertiary/aromatic N) is 4. The van der Waals surface area contributed by atoms with E-state index in [2.05, 4.69) is 29.1 Å². The Bertz CT molecular complexity index is 648. The molecular weight excluding hydrogens is 318 g/mol. The molecule has 1 N–H and O–H groups in total. The third-order valence-electron chi connectivity index (χ3n) is 5.18. The number of amides is 2. The molecule has 2 atom stereocenters. The van der Waals surface area contributed by atoms with Crippen molar-refractivity contribution in [3.63, 3.8) is 0 Å². The summed E-state index contributed by atoms with van der Waals surface area (Å²) in [7, 11) is 0. The molecule has 0 radical (unpaired) electrons. The van der Waals surface area contributed by atoms with Gasteiger partial charge in [0.05, 0.1) is 6.54 Å². The van der Waals surface area contributed by atoms with Crippen molar-refractivity contribution >= 4 is 17.6 Å². The minimum atomic E-state index is 0.0454. The lowest BCUT2D eigenvalue weighted by atomic mass is 9.91. The lowest BCUT2D eigenvalue weighted by molar-refractivity contribution is -0.137. The molecule has 7 nitrogen and oxygen atoms in total. The zero-order valence-corrected chi connectivity index (χ0v) is 15.2. The molecule has 0 unspecified atom stereocenters. The van der Waals surface area contributed by atoms with Gasteiger partial charge in [-0.3, -0.25) is 9.59 Å². The van der Waals surface area contributed by atoms with Crippen LogP contribution in [-0.4, -0.2) is 63.8 Å². The third kappa shape index (κ3) is 4.08. The standard InChI is InChI=1S/C18H27N5O2/c1-12(2)14-9-23(18(25)11-22-8-4-5-17(22)24)10-15(14)21-16-6-7-19-13(3)20-16/h6-7,12,14-15H,4-5,8-11H2,1-3H3,(H,19,20,21)/t14-,15+/m1/s1. The monoisotopic (exact) mass is 345 g/mol. The quantitative estimate of drug-likeness (QED) is 0.870. The molecule has 0 aromatic carbocycles. The Labute approximate surface area is 148 Å². The first kappa shape index (κ1) is 17.6. The van der Waals surface area contributed by atoms with E-state index in [1.54, 1.807) is 11.1 Å². The number of nitrogens with one attached hydrogen (secondary N) is 1. The van der Waals surface area contributed by atoms with Crippen LogP contribution in [-0.2, 0) is 9.59 Å². The fraction of sp³-hybridized carbons (Fsp3) is 0.667. The minimum Gasteiger partial charge on any atom is -0.365 e. The molecule has 0 bridgehead atoms. The summed E-state index contributed by atoms with van der Waals surface area (Å²) in [5, 5.41) is 3.47. The Kier molecular flexibility index (Phi) is 5.20. The Morgan fingerprint density at radius 1 is 1.40 bits per heavy atom. The highest BCUT2D eigenvalue weighted by Gasteiger charge is 2.38. The average molecular weight is 345 g/mol. The van der Waals surface area contributed by atoms with Gasteiger partial charge < -0.3 is 15.1 Å².